The normalized spacial score (nSPS) is 17.0. The van der Waals surface area contributed by atoms with Crippen LogP contribution >= 0.6 is 0 Å². The molecular weight excluding hydrogens is 422 g/mol. The van der Waals surface area contributed by atoms with Gasteiger partial charge in [-0.05, 0) is 18.2 Å². The number of rotatable bonds is 6. The average molecular weight is 447 g/mol. The number of oxazole rings is 1. The fraction of sp³-hybridized carbons (Fsp3) is 0.263. The molecular formula is C19H21N7O4S. The lowest BCUT2D eigenvalue weighted by Gasteiger charge is -2.15. The van der Waals surface area contributed by atoms with Gasteiger partial charge >= 0.3 is 0 Å². The molecule has 1 aromatic carbocycles. The summed E-state index contributed by atoms with van der Waals surface area (Å²) in [5.41, 5.74) is 1.57. The molecule has 0 aliphatic carbocycles. The molecule has 2 aromatic heterocycles. The quantitative estimate of drug-likeness (QED) is 0.522. The second-order valence-electron chi connectivity index (χ2n) is 6.75. The lowest BCUT2D eigenvalue weighted by Crippen LogP contribution is -2.23. The molecule has 1 unspecified atom stereocenters. The third-order valence-electron chi connectivity index (χ3n) is 4.69. The molecule has 0 saturated carbocycles. The van der Waals surface area contributed by atoms with Crippen molar-refractivity contribution in [2.45, 2.75) is 13.1 Å². The molecule has 0 radical (unpaired) electrons. The van der Waals surface area contributed by atoms with Crippen LogP contribution < -0.4 is 15.4 Å². The van der Waals surface area contributed by atoms with Gasteiger partial charge in [0, 0.05) is 17.3 Å². The summed E-state index contributed by atoms with van der Waals surface area (Å²) in [6.45, 7) is -2.23. The Kier molecular flexibility index (Phi) is 4.42. The summed E-state index contributed by atoms with van der Waals surface area (Å²) in [4.78, 5) is 16.9. The van der Waals surface area contributed by atoms with Crippen LogP contribution in [0.5, 0.6) is 5.75 Å². The molecule has 4 rings (SSSR count). The molecule has 162 valence electrons. The molecule has 0 bridgehead atoms. The maximum atomic E-state index is 12.4. The van der Waals surface area contributed by atoms with Crippen LogP contribution in [0.4, 0.5) is 11.4 Å². The number of hydrogen-bond acceptors (Lipinski definition) is 9. The predicted molar refractivity (Wildman–Crippen MR) is 113 cm³/mol. The van der Waals surface area contributed by atoms with Crippen LogP contribution in [0.3, 0.4) is 0 Å². The third-order valence-corrected chi connectivity index (χ3v) is 5.93. The summed E-state index contributed by atoms with van der Waals surface area (Å²) >= 11 is 0. The van der Waals surface area contributed by atoms with Crippen molar-refractivity contribution in [3.05, 3.63) is 47.6 Å². The van der Waals surface area contributed by atoms with E-state index in [1.807, 2.05) is 5.32 Å². The van der Waals surface area contributed by atoms with Gasteiger partial charge in [0.1, 0.15) is 15.7 Å². The number of hydrogen-bond donors (Lipinski definition) is 3. The van der Waals surface area contributed by atoms with Crippen molar-refractivity contribution in [2.24, 2.45) is 0 Å². The minimum atomic E-state index is -2.87. The summed E-state index contributed by atoms with van der Waals surface area (Å²) in [6.07, 6.45) is 2.70. The Morgan fingerprint density at radius 2 is 2.19 bits per heavy atom. The van der Waals surface area contributed by atoms with E-state index in [1.165, 1.54) is 29.9 Å². The number of nitrogens with one attached hydrogen (secondary N) is 3. The number of aromatic nitrogens is 3. The first kappa shape index (κ1) is 17.2. The van der Waals surface area contributed by atoms with Gasteiger partial charge in [0.05, 0.1) is 49.0 Å². The van der Waals surface area contributed by atoms with Crippen LogP contribution in [-0.2, 0) is 23.0 Å². The van der Waals surface area contributed by atoms with E-state index in [4.69, 9.17) is 18.0 Å². The topological polar surface area (TPSA) is 146 Å². The van der Waals surface area contributed by atoms with Gasteiger partial charge in [-0.1, -0.05) is 6.07 Å². The Bertz CT molecular complexity index is 1330. The Morgan fingerprint density at radius 1 is 1.35 bits per heavy atom. The zero-order valence-electron chi connectivity index (χ0n) is 19.6. The Morgan fingerprint density at radius 3 is 2.90 bits per heavy atom. The molecule has 0 spiro atoms. The highest BCUT2D eigenvalue weighted by atomic mass is 32.2. The molecule has 0 fully saturated rings. The second kappa shape index (κ2) is 7.96. The zero-order chi connectivity index (χ0) is 24.7. The fourth-order valence-electron chi connectivity index (χ4n) is 3.20. The largest absolute Gasteiger partial charge is 0.494 e. The molecule has 0 saturated heterocycles. The van der Waals surface area contributed by atoms with Crippen molar-refractivity contribution in [2.75, 3.05) is 25.7 Å². The summed E-state index contributed by atoms with van der Waals surface area (Å²) in [6, 6.07) is 6.63. The van der Waals surface area contributed by atoms with E-state index >= 15 is 0 Å². The van der Waals surface area contributed by atoms with Crippen LogP contribution in [-0.4, -0.2) is 49.9 Å². The summed E-state index contributed by atoms with van der Waals surface area (Å²) in [5, 5.41) is 12.4. The van der Waals surface area contributed by atoms with Crippen molar-refractivity contribution in [3.8, 4) is 17.2 Å². The number of anilines is 2. The summed E-state index contributed by atoms with van der Waals surface area (Å²) < 4.78 is 54.4. The van der Waals surface area contributed by atoms with Gasteiger partial charge in [0.25, 0.3) is 5.91 Å². The molecule has 11 nitrogen and oxygen atoms in total. The van der Waals surface area contributed by atoms with Crippen LogP contribution in [0.25, 0.3) is 11.5 Å². The molecule has 1 aliphatic heterocycles. The van der Waals surface area contributed by atoms with Gasteiger partial charge in [-0.15, -0.1) is 5.10 Å². The van der Waals surface area contributed by atoms with E-state index < -0.39 is 22.8 Å². The van der Waals surface area contributed by atoms with Crippen molar-refractivity contribution < 1.29 is 22.3 Å². The number of carbonyl (C=O) groups excluding carboxylic acids is 1. The monoisotopic (exact) mass is 446 g/mol. The molecule has 3 N–H and O–H groups in total. The number of para-hydroxylation sites is 1. The van der Waals surface area contributed by atoms with E-state index in [2.05, 4.69) is 20.5 Å². The van der Waals surface area contributed by atoms with E-state index in [9.17, 15) is 9.00 Å². The first-order chi connectivity index (χ1) is 16.0. The van der Waals surface area contributed by atoms with Crippen molar-refractivity contribution in [1.82, 2.24) is 24.8 Å². The minimum Gasteiger partial charge on any atom is -0.494 e. The van der Waals surface area contributed by atoms with Crippen LogP contribution in [0.1, 0.15) is 26.1 Å². The van der Waals surface area contributed by atoms with Crippen LogP contribution in [0, 0.1) is 4.78 Å². The smallest absolute Gasteiger partial charge is 0.273 e. The van der Waals surface area contributed by atoms with Crippen molar-refractivity contribution in [3.63, 3.8) is 0 Å². The maximum absolute atomic E-state index is 12.4. The van der Waals surface area contributed by atoms with E-state index in [0.717, 1.165) is 0 Å². The lowest BCUT2D eigenvalue weighted by molar-refractivity contribution is 0.0958. The third kappa shape index (κ3) is 3.94. The van der Waals surface area contributed by atoms with Gasteiger partial charge in [0.2, 0.25) is 5.89 Å². The molecule has 1 aliphatic rings. The predicted octanol–water partition coefficient (Wildman–Crippen LogP) is 2.15. The van der Waals surface area contributed by atoms with Gasteiger partial charge in [-0.2, -0.15) is 5.10 Å². The van der Waals surface area contributed by atoms with Crippen molar-refractivity contribution >= 4 is 27.2 Å². The van der Waals surface area contributed by atoms with Crippen LogP contribution in [0.15, 0.2) is 34.9 Å². The Hall–Kier alpha value is -3.51. The van der Waals surface area contributed by atoms with Gasteiger partial charge in [0.15, 0.2) is 11.4 Å². The number of amides is 1. The van der Waals surface area contributed by atoms with Gasteiger partial charge < -0.3 is 19.8 Å². The zero-order valence-corrected chi connectivity index (χ0v) is 17.4. The number of carbonyl (C=O) groups is 1. The highest BCUT2D eigenvalue weighted by molar-refractivity contribution is 7.89. The highest BCUT2D eigenvalue weighted by Crippen LogP contribution is 2.39. The lowest BCUT2D eigenvalue weighted by atomic mass is 10.1. The second-order valence-corrected chi connectivity index (χ2v) is 8.87. The van der Waals surface area contributed by atoms with Crippen LogP contribution in [0.2, 0.25) is 0 Å². The highest BCUT2D eigenvalue weighted by Gasteiger charge is 2.30. The fourth-order valence-corrected chi connectivity index (χ4v) is 3.94. The Labute approximate surface area is 183 Å². The van der Waals surface area contributed by atoms with Crippen molar-refractivity contribution in [1.29, 1.82) is 4.78 Å². The average Bonchev–Trinajstić information content (AvgIpc) is 3.32. The number of fused-ring (bicyclic) bond motifs is 1. The first-order valence-corrected chi connectivity index (χ1v) is 10.9. The number of ether oxygens (including phenoxy) is 1. The van der Waals surface area contributed by atoms with Gasteiger partial charge in [-0.25, -0.2) is 18.3 Å². The van der Waals surface area contributed by atoms with E-state index in [1.54, 1.807) is 18.2 Å². The number of nitrogens with zero attached hydrogens (tertiary/aromatic N) is 4. The molecule has 3 heterocycles. The minimum absolute atomic E-state index is 0.208. The van der Waals surface area contributed by atoms with E-state index in [0.29, 0.717) is 28.5 Å². The summed E-state index contributed by atoms with van der Waals surface area (Å²) in [5.74, 6) is 0.254. The standard InChI is InChI=1S/C19H21N7O4S/c1-21-18(27)16-12(7-8-22-25-16)23-13-6-4-5-11(17(13)29-2)19-24-14-9-26(31(3,20)28)10-15(14)30-19/h4-8,20H,9-10H2,1-3H3,(H,21,27)(H,22,23)/i1D3. The van der Waals surface area contributed by atoms with Gasteiger partial charge in [-0.3, -0.25) is 4.79 Å². The molecule has 3 aromatic rings. The SMILES string of the molecule is [2H]C([2H])([2H])NC(=O)c1nnccc1Nc1cccc(-c2nc3c(o2)CN(S(C)(=N)=O)C3)c1OC. The first-order valence-electron chi connectivity index (χ1n) is 10.5. The maximum Gasteiger partial charge on any atom is 0.273 e. The van der Waals surface area contributed by atoms with E-state index in [-0.39, 0.29) is 30.4 Å². The molecule has 12 heteroatoms. The Balaban J connectivity index is 1.65. The molecule has 1 atom stereocenters. The molecule has 31 heavy (non-hydrogen) atoms. The number of benzene rings is 1. The summed E-state index contributed by atoms with van der Waals surface area (Å²) in [7, 11) is -1.41. The molecule has 1 amide bonds. The number of methoxy groups -OCH3 is 1.